The van der Waals surface area contributed by atoms with E-state index in [0.29, 0.717) is 29.2 Å². The molecular weight excluding hydrogens is 286 g/mol. The van der Waals surface area contributed by atoms with E-state index in [1.54, 1.807) is 12.1 Å². The van der Waals surface area contributed by atoms with Crippen LogP contribution < -0.4 is 11.3 Å². The lowest BCUT2D eigenvalue weighted by Crippen LogP contribution is -2.11. The number of nitrogens with two attached hydrogens (primary N) is 1. The number of nitrogens with zero attached hydrogens (tertiary/aromatic N) is 1. The number of hydrogen-bond donors (Lipinski definition) is 2. The molecule has 2 aromatic rings. The molecule has 0 spiro atoms. The van der Waals surface area contributed by atoms with Crippen LogP contribution in [0.5, 0.6) is 0 Å². The predicted molar refractivity (Wildman–Crippen MR) is 67.6 cm³/mol. The van der Waals surface area contributed by atoms with E-state index < -0.39 is 0 Å². The first-order valence-corrected chi connectivity index (χ1v) is 6.04. The fourth-order valence-electron chi connectivity index (χ4n) is 1.48. The van der Waals surface area contributed by atoms with E-state index in [1.807, 2.05) is 0 Å². The zero-order valence-electron chi connectivity index (χ0n) is 9.07. The fourth-order valence-corrected chi connectivity index (χ4v) is 1.78. The molecule has 17 heavy (non-hydrogen) atoms. The SMILES string of the molecule is NCCCc1cc(=O)[nH]c(-c2ccc(Br)o2)n1. The van der Waals surface area contributed by atoms with Crippen LogP contribution in [-0.4, -0.2) is 16.5 Å². The molecule has 2 rings (SSSR count). The summed E-state index contributed by atoms with van der Waals surface area (Å²) >= 11 is 3.21. The molecule has 0 radical (unpaired) electrons. The maximum absolute atomic E-state index is 11.5. The molecule has 2 aromatic heterocycles. The number of halogens is 1. The number of rotatable bonds is 4. The summed E-state index contributed by atoms with van der Waals surface area (Å²) in [7, 11) is 0. The Morgan fingerprint density at radius 1 is 1.47 bits per heavy atom. The molecule has 0 aliphatic carbocycles. The minimum absolute atomic E-state index is 0.186. The lowest BCUT2D eigenvalue weighted by Gasteiger charge is -2.01. The number of aromatic nitrogens is 2. The number of aryl methyl sites for hydroxylation is 1. The third kappa shape index (κ3) is 3.04. The van der Waals surface area contributed by atoms with Gasteiger partial charge in [-0.3, -0.25) is 4.79 Å². The highest BCUT2D eigenvalue weighted by atomic mass is 79.9. The summed E-state index contributed by atoms with van der Waals surface area (Å²) < 4.78 is 5.94. The zero-order chi connectivity index (χ0) is 12.3. The van der Waals surface area contributed by atoms with Gasteiger partial charge in [-0.25, -0.2) is 4.98 Å². The first kappa shape index (κ1) is 12.1. The Bertz CT molecular complexity index is 562. The molecule has 0 atom stereocenters. The van der Waals surface area contributed by atoms with Crippen LogP contribution in [0.15, 0.2) is 32.1 Å². The Kier molecular flexibility index (Phi) is 3.75. The minimum atomic E-state index is -0.186. The Hall–Kier alpha value is -1.40. The van der Waals surface area contributed by atoms with Crippen molar-refractivity contribution in [1.82, 2.24) is 9.97 Å². The van der Waals surface area contributed by atoms with E-state index in [-0.39, 0.29) is 5.56 Å². The maximum Gasteiger partial charge on any atom is 0.251 e. The van der Waals surface area contributed by atoms with Gasteiger partial charge in [0, 0.05) is 11.8 Å². The van der Waals surface area contributed by atoms with Crippen molar-refractivity contribution in [2.45, 2.75) is 12.8 Å². The van der Waals surface area contributed by atoms with Gasteiger partial charge < -0.3 is 15.1 Å². The Balaban J connectivity index is 2.34. The number of hydrogen-bond acceptors (Lipinski definition) is 4. The molecule has 6 heteroatoms. The molecule has 0 saturated carbocycles. The van der Waals surface area contributed by atoms with Crippen LogP contribution >= 0.6 is 15.9 Å². The lowest BCUT2D eigenvalue weighted by molar-refractivity contribution is 0.550. The van der Waals surface area contributed by atoms with Gasteiger partial charge in [0.2, 0.25) is 0 Å². The van der Waals surface area contributed by atoms with Crippen LogP contribution in [0.3, 0.4) is 0 Å². The van der Waals surface area contributed by atoms with Gasteiger partial charge >= 0.3 is 0 Å². The van der Waals surface area contributed by atoms with Gasteiger partial charge in [0.25, 0.3) is 5.56 Å². The van der Waals surface area contributed by atoms with E-state index in [9.17, 15) is 4.79 Å². The highest BCUT2D eigenvalue weighted by Crippen LogP contribution is 2.21. The van der Waals surface area contributed by atoms with Gasteiger partial charge in [0.15, 0.2) is 16.3 Å². The molecule has 0 fully saturated rings. The second-order valence-electron chi connectivity index (χ2n) is 3.58. The van der Waals surface area contributed by atoms with Crippen molar-refractivity contribution in [3.63, 3.8) is 0 Å². The molecule has 0 unspecified atom stereocenters. The molecule has 0 amide bonds. The number of aromatic amines is 1. The standard InChI is InChI=1S/C11H12BrN3O2/c12-9-4-3-8(17-9)11-14-7(2-1-5-13)6-10(16)15-11/h3-4,6H,1-2,5,13H2,(H,14,15,16). The average molecular weight is 298 g/mol. The smallest absolute Gasteiger partial charge is 0.251 e. The lowest BCUT2D eigenvalue weighted by atomic mass is 10.2. The second kappa shape index (κ2) is 5.29. The third-order valence-electron chi connectivity index (χ3n) is 2.24. The van der Waals surface area contributed by atoms with E-state index in [4.69, 9.17) is 10.2 Å². The largest absolute Gasteiger partial charge is 0.446 e. The van der Waals surface area contributed by atoms with Crippen molar-refractivity contribution in [3.8, 4) is 11.6 Å². The van der Waals surface area contributed by atoms with Crippen molar-refractivity contribution >= 4 is 15.9 Å². The molecule has 3 N–H and O–H groups in total. The summed E-state index contributed by atoms with van der Waals surface area (Å²) in [5, 5.41) is 0. The van der Waals surface area contributed by atoms with Crippen LogP contribution in [0.2, 0.25) is 0 Å². The van der Waals surface area contributed by atoms with Crippen molar-refractivity contribution in [3.05, 3.63) is 38.9 Å². The van der Waals surface area contributed by atoms with Crippen molar-refractivity contribution < 1.29 is 4.42 Å². The van der Waals surface area contributed by atoms with Crippen LogP contribution in [0.25, 0.3) is 11.6 Å². The molecule has 0 saturated heterocycles. The summed E-state index contributed by atoms with van der Waals surface area (Å²) in [5.41, 5.74) is 5.97. The number of nitrogens with one attached hydrogen (secondary N) is 1. The normalized spacial score (nSPS) is 10.7. The average Bonchev–Trinajstić information content (AvgIpc) is 2.72. The van der Waals surface area contributed by atoms with Crippen LogP contribution in [0, 0.1) is 0 Å². The minimum Gasteiger partial charge on any atom is -0.446 e. The Morgan fingerprint density at radius 2 is 2.29 bits per heavy atom. The van der Waals surface area contributed by atoms with E-state index >= 15 is 0 Å². The number of H-pyrrole nitrogens is 1. The maximum atomic E-state index is 11.5. The fraction of sp³-hybridized carbons (Fsp3) is 0.273. The molecule has 5 nitrogen and oxygen atoms in total. The monoisotopic (exact) mass is 297 g/mol. The van der Waals surface area contributed by atoms with E-state index in [1.165, 1.54) is 6.07 Å². The molecule has 0 aromatic carbocycles. The third-order valence-corrected chi connectivity index (χ3v) is 2.66. The quantitative estimate of drug-likeness (QED) is 0.899. The van der Waals surface area contributed by atoms with Gasteiger partial charge in [0.1, 0.15) is 0 Å². The second-order valence-corrected chi connectivity index (χ2v) is 4.36. The molecule has 2 heterocycles. The van der Waals surface area contributed by atoms with Crippen molar-refractivity contribution in [1.29, 1.82) is 0 Å². The summed E-state index contributed by atoms with van der Waals surface area (Å²) in [6.45, 7) is 0.579. The molecular formula is C11H12BrN3O2. The number of furan rings is 1. The van der Waals surface area contributed by atoms with Gasteiger partial charge in [-0.2, -0.15) is 0 Å². The highest BCUT2D eigenvalue weighted by molar-refractivity contribution is 9.10. The highest BCUT2D eigenvalue weighted by Gasteiger charge is 2.07. The molecule has 90 valence electrons. The van der Waals surface area contributed by atoms with E-state index in [0.717, 1.165) is 12.1 Å². The molecule has 0 aliphatic rings. The Labute approximate surface area is 106 Å². The van der Waals surface area contributed by atoms with Crippen LogP contribution in [0.1, 0.15) is 12.1 Å². The van der Waals surface area contributed by atoms with Crippen LogP contribution in [-0.2, 0) is 6.42 Å². The molecule has 0 bridgehead atoms. The molecule has 0 aliphatic heterocycles. The van der Waals surface area contributed by atoms with Gasteiger partial charge in [-0.15, -0.1) is 0 Å². The summed E-state index contributed by atoms with van der Waals surface area (Å²) in [4.78, 5) is 18.4. The first-order valence-electron chi connectivity index (χ1n) is 5.25. The summed E-state index contributed by atoms with van der Waals surface area (Å²) in [6, 6.07) is 4.98. The summed E-state index contributed by atoms with van der Waals surface area (Å²) in [6.07, 6.45) is 1.49. The topological polar surface area (TPSA) is 84.9 Å². The van der Waals surface area contributed by atoms with Gasteiger partial charge in [0.05, 0.1) is 0 Å². The first-order chi connectivity index (χ1) is 8.19. The van der Waals surface area contributed by atoms with Gasteiger partial charge in [-0.05, 0) is 47.4 Å². The van der Waals surface area contributed by atoms with Crippen molar-refractivity contribution in [2.75, 3.05) is 6.54 Å². The van der Waals surface area contributed by atoms with Gasteiger partial charge in [-0.1, -0.05) is 0 Å². The van der Waals surface area contributed by atoms with Crippen LogP contribution in [0.4, 0.5) is 0 Å². The predicted octanol–water partition coefficient (Wildman–Crippen LogP) is 1.68. The Morgan fingerprint density at radius 3 is 2.94 bits per heavy atom. The van der Waals surface area contributed by atoms with Crippen molar-refractivity contribution in [2.24, 2.45) is 5.73 Å². The van der Waals surface area contributed by atoms with E-state index in [2.05, 4.69) is 25.9 Å². The summed E-state index contributed by atoms with van der Waals surface area (Å²) in [5.74, 6) is 0.971. The zero-order valence-corrected chi connectivity index (χ0v) is 10.7.